The van der Waals surface area contributed by atoms with Gasteiger partial charge in [-0.1, -0.05) is 29.8 Å². The predicted octanol–water partition coefficient (Wildman–Crippen LogP) is 2.92. The number of rotatable bonds is 3. The molecule has 6 nitrogen and oxygen atoms in total. The van der Waals surface area contributed by atoms with Crippen LogP contribution in [0.4, 0.5) is 11.4 Å². The van der Waals surface area contributed by atoms with E-state index in [4.69, 9.17) is 11.6 Å². The Morgan fingerprint density at radius 1 is 1.35 bits per heavy atom. The summed E-state index contributed by atoms with van der Waals surface area (Å²) in [4.78, 5) is 27.6. The molecule has 0 saturated carbocycles. The first-order chi connectivity index (χ1) is 9.50. The van der Waals surface area contributed by atoms with Crippen LogP contribution >= 0.6 is 11.6 Å². The number of anilines is 1. The zero-order valence-electron chi connectivity index (χ0n) is 10.5. The number of hydrogen-bond acceptors (Lipinski definition) is 4. The molecule has 20 heavy (non-hydrogen) atoms. The highest BCUT2D eigenvalue weighted by atomic mass is 35.5. The standard InChI is InChI=1S/C13H10ClN3O3/c1-16(9-5-3-2-4-6-9)13(18)10-7-12(14)15-8-11(10)17(19)20/h2-8H,1H3. The van der Waals surface area contributed by atoms with Gasteiger partial charge in [-0.3, -0.25) is 14.9 Å². The first kappa shape index (κ1) is 14.0. The smallest absolute Gasteiger partial charge is 0.300 e. The molecule has 1 aromatic carbocycles. The van der Waals surface area contributed by atoms with Crippen LogP contribution in [0.1, 0.15) is 10.4 Å². The number of amides is 1. The number of halogens is 1. The molecule has 0 unspecified atom stereocenters. The normalized spacial score (nSPS) is 10.1. The van der Waals surface area contributed by atoms with Crippen LogP contribution in [-0.4, -0.2) is 22.9 Å². The lowest BCUT2D eigenvalue weighted by Crippen LogP contribution is -2.27. The van der Waals surface area contributed by atoms with Crippen LogP contribution in [0.5, 0.6) is 0 Å². The Morgan fingerprint density at radius 3 is 2.60 bits per heavy atom. The van der Waals surface area contributed by atoms with Crippen molar-refractivity contribution in [3.05, 3.63) is 63.4 Å². The fraction of sp³-hybridized carbons (Fsp3) is 0.0769. The Labute approximate surface area is 119 Å². The fourth-order valence-corrected chi connectivity index (χ4v) is 1.85. The number of pyridine rings is 1. The molecule has 2 aromatic rings. The van der Waals surface area contributed by atoms with Gasteiger partial charge < -0.3 is 4.90 Å². The van der Waals surface area contributed by atoms with Gasteiger partial charge in [0.25, 0.3) is 11.6 Å². The molecule has 7 heteroatoms. The molecule has 0 fully saturated rings. The fourth-order valence-electron chi connectivity index (χ4n) is 1.69. The highest BCUT2D eigenvalue weighted by Crippen LogP contribution is 2.23. The summed E-state index contributed by atoms with van der Waals surface area (Å²) in [6.45, 7) is 0. The molecule has 1 amide bonds. The Kier molecular flexibility index (Phi) is 3.95. The van der Waals surface area contributed by atoms with Crippen molar-refractivity contribution in [3.8, 4) is 0 Å². The van der Waals surface area contributed by atoms with Gasteiger partial charge in [0.15, 0.2) is 0 Å². The van der Waals surface area contributed by atoms with E-state index in [1.54, 1.807) is 24.3 Å². The van der Waals surface area contributed by atoms with Crippen molar-refractivity contribution in [2.24, 2.45) is 0 Å². The number of para-hydroxylation sites is 1. The van der Waals surface area contributed by atoms with Crippen LogP contribution in [0, 0.1) is 10.1 Å². The molecule has 1 aromatic heterocycles. The molecule has 0 atom stereocenters. The minimum Gasteiger partial charge on any atom is -0.311 e. The van der Waals surface area contributed by atoms with E-state index in [1.807, 2.05) is 6.07 Å². The molecule has 0 aliphatic carbocycles. The average molecular weight is 292 g/mol. The highest BCUT2D eigenvalue weighted by molar-refractivity contribution is 6.30. The molecule has 0 aliphatic rings. The van der Waals surface area contributed by atoms with Crippen molar-refractivity contribution in [1.29, 1.82) is 0 Å². The molecular weight excluding hydrogens is 282 g/mol. The van der Waals surface area contributed by atoms with E-state index in [9.17, 15) is 14.9 Å². The molecule has 0 radical (unpaired) electrons. The van der Waals surface area contributed by atoms with Crippen molar-refractivity contribution in [2.75, 3.05) is 11.9 Å². The number of nitrogens with zero attached hydrogens (tertiary/aromatic N) is 3. The van der Waals surface area contributed by atoms with Crippen LogP contribution in [0.15, 0.2) is 42.6 Å². The second kappa shape index (κ2) is 5.66. The minimum atomic E-state index is -0.657. The van der Waals surface area contributed by atoms with Crippen molar-refractivity contribution >= 4 is 28.9 Å². The summed E-state index contributed by atoms with van der Waals surface area (Å²) in [7, 11) is 1.54. The van der Waals surface area contributed by atoms with E-state index in [0.717, 1.165) is 6.20 Å². The molecule has 0 saturated heterocycles. The zero-order valence-corrected chi connectivity index (χ0v) is 11.2. The third-order valence-electron chi connectivity index (χ3n) is 2.72. The van der Waals surface area contributed by atoms with E-state index >= 15 is 0 Å². The molecule has 0 N–H and O–H groups in total. The summed E-state index contributed by atoms with van der Waals surface area (Å²) in [5.41, 5.74) is 0.156. The number of carbonyl (C=O) groups excluding carboxylic acids is 1. The van der Waals surface area contributed by atoms with Crippen LogP contribution in [-0.2, 0) is 0 Å². The molecule has 2 rings (SSSR count). The maximum Gasteiger partial charge on any atom is 0.300 e. The third kappa shape index (κ3) is 2.75. The van der Waals surface area contributed by atoms with Crippen LogP contribution in [0.2, 0.25) is 5.15 Å². The maximum atomic E-state index is 12.4. The first-order valence-electron chi connectivity index (χ1n) is 5.63. The van der Waals surface area contributed by atoms with Gasteiger partial charge in [0.1, 0.15) is 16.9 Å². The van der Waals surface area contributed by atoms with Crippen LogP contribution < -0.4 is 4.90 Å². The summed E-state index contributed by atoms with van der Waals surface area (Å²) < 4.78 is 0. The molecule has 0 aliphatic heterocycles. The van der Waals surface area contributed by atoms with Gasteiger partial charge in [-0.05, 0) is 18.2 Å². The maximum absolute atomic E-state index is 12.4. The van der Waals surface area contributed by atoms with E-state index in [-0.39, 0.29) is 16.4 Å². The van der Waals surface area contributed by atoms with Crippen molar-refractivity contribution in [3.63, 3.8) is 0 Å². The third-order valence-corrected chi connectivity index (χ3v) is 2.93. The summed E-state index contributed by atoms with van der Waals surface area (Å²) in [6, 6.07) is 10.0. The Balaban J connectivity index is 2.43. The van der Waals surface area contributed by atoms with Gasteiger partial charge in [0.2, 0.25) is 0 Å². The van der Waals surface area contributed by atoms with Gasteiger partial charge in [0.05, 0.1) is 4.92 Å². The number of nitro groups is 1. The van der Waals surface area contributed by atoms with Crippen LogP contribution in [0.3, 0.4) is 0 Å². The number of aromatic nitrogens is 1. The lowest BCUT2D eigenvalue weighted by Gasteiger charge is -2.17. The second-order valence-electron chi connectivity index (χ2n) is 3.98. The molecule has 0 bridgehead atoms. The first-order valence-corrected chi connectivity index (χ1v) is 6.01. The average Bonchev–Trinajstić information content (AvgIpc) is 2.46. The van der Waals surface area contributed by atoms with E-state index in [2.05, 4.69) is 4.98 Å². The number of hydrogen-bond donors (Lipinski definition) is 0. The van der Waals surface area contributed by atoms with Crippen molar-refractivity contribution in [2.45, 2.75) is 0 Å². The van der Waals surface area contributed by atoms with Gasteiger partial charge in [-0.15, -0.1) is 0 Å². The zero-order chi connectivity index (χ0) is 14.7. The molecule has 0 spiro atoms. The minimum absolute atomic E-state index is 0.0282. The van der Waals surface area contributed by atoms with Crippen LogP contribution in [0.25, 0.3) is 0 Å². The van der Waals surface area contributed by atoms with E-state index < -0.39 is 10.8 Å². The Morgan fingerprint density at radius 2 is 2.00 bits per heavy atom. The second-order valence-corrected chi connectivity index (χ2v) is 4.37. The van der Waals surface area contributed by atoms with Gasteiger partial charge >= 0.3 is 0 Å². The van der Waals surface area contributed by atoms with E-state index in [0.29, 0.717) is 5.69 Å². The number of carbonyl (C=O) groups is 1. The topological polar surface area (TPSA) is 76.3 Å². The number of benzene rings is 1. The predicted molar refractivity (Wildman–Crippen MR) is 75.1 cm³/mol. The summed E-state index contributed by atoms with van der Waals surface area (Å²) in [5.74, 6) is -0.521. The highest BCUT2D eigenvalue weighted by Gasteiger charge is 2.24. The quantitative estimate of drug-likeness (QED) is 0.495. The van der Waals surface area contributed by atoms with Gasteiger partial charge in [-0.25, -0.2) is 4.98 Å². The Hall–Kier alpha value is -2.47. The monoisotopic (exact) mass is 291 g/mol. The SMILES string of the molecule is CN(C(=O)c1cc(Cl)ncc1[N+](=O)[O-])c1ccccc1. The lowest BCUT2D eigenvalue weighted by molar-refractivity contribution is -0.385. The summed E-state index contributed by atoms with van der Waals surface area (Å²) in [5, 5.41) is 11.0. The van der Waals surface area contributed by atoms with Gasteiger partial charge in [-0.2, -0.15) is 0 Å². The molecule has 1 heterocycles. The Bertz CT molecular complexity index is 661. The van der Waals surface area contributed by atoms with Crippen molar-refractivity contribution in [1.82, 2.24) is 4.98 Å². The summed E-state index contributed by atoms with van der Waals surface area (Å²) in [6.07, 6.45) is 0.981. The largest absolute Gasteiger partial charge is 0.311 e. The van der Waals surface area contributed by atoms with Crippen molar-refractivity contribution < 1.29 is 9.72 Å². The molecular formula is C13H10ClN3O3. The van der Waals surface area contributed by atoms with E-state index in [1.165, 1.54) is 18.0 Å². The van der Waals surface area contributed by atoms with Gasteiger partial charge in [0, 0.05) is 12.7 Å². The summed E-state index contributed by atoms with van der Waals surface area (Å²) >= 11 is 5.71. The lowest BCUT2D eigenvalue weighted by atomic mass is 10.2. The molecule has 102 valence electrons.